The minimum absolute atomic E-state index is 0.278. The van der Waals surface area contributed by atoms with Crippen LogP contribution in [0, 0.1) is 0 Å². The molecular formula is C5H11FN2O. The standard InChI is InChI=1S/C5H11FN2O/c6-2-4-8-3-1-5(7)9/h8H,1-4H2,(H2,7,9). The first kappa shape index (κ1) is 8.36. The molecule has 0 rings (SSSR count). The normalized spacial score (nSPS) is 9.44. The molecule has 0 aliphatic rings. The molecule has 4 heteroatoms. The summed E-state index contributed by atoms with van der Waals surface area (Å²) in [4.78, 5) is 10.1. The molecule has 0 saturated carbocycles. The predicted molar refractivity (Wildman–Crippen MR) is 32.7 cm³/mol. The van der Waals surface area contributed by atoms with Crippen molar-refractivity contribution in [2.45, 2.75) is 6.42 Å². The van der Waals surface area contributed by atoms with Crippen molar-refractivity contribution in [2.75, 3.05) is 19.8 Å². The van der Waals surface area contributed by atoms with Gasteiger partial charge in [0.1, 0.15) is 6.67 Å². The van der Waals surface area contributed by atoms with Crippen molar-refractivity contribution in [2.24, 2.45) is 5.73 Å². The van der Waals surface area contributed by atoms with Gasteiger partial charge in [-0.15, -0.1) is 0 Å². The number of nitrogens with one attached hydrogen (secondary N) is 1. The molecule has 9 heavy (non-hydrogen) atoms. The number of amides is 1. The van der Waals surface area contributed by atoms with E-state index in [1.165, 1.54) is 0 Å². The lowest BCUT2D eigenvalue weighted by Crippen LogP contribution is -2.23. The van der Waals surface area contributed by atoms with Gasteiger partial charge in [-0.1, -0.05) is 0 Å². The van der Waals surface area contributed by atoms with Crippen molar-refractivity contribution < 1.29 is 9.18 Å². The molecule has 0 radical (unpaired) electrons. The summed E-state index contributed by atoms with van der Waals surface area (Å²) in [6, 6.07) is 0. The zero-order valence-corrected chi connectivity index (χ0v) is 5.19. The van der Waals surface area contributed by atoms with Crippen LogP contribution >= 0.6 is 0 Å². The lowest BCUT2D eigenvalue weighted by molar-refractivity contribution is -0.117. The second-order valence-electron chi connectivity index (χ2n) is 1.66. The van der Waals surface area contributed by atoms with Gasteiger partial charge in [-0.25, -0.2) is 4.39 Å². The summed E-state index contributed by atoms with van der Waals surface area (Å²) in [6.07, 6.45) is 0.278. The highest BCUT2D eigenvalue weighted by molar-refractivity contribution is 5.73. The second kappa shape index (κ2) is 5.50. The smallest absolute Gasteiger partial charge is 0.218 e. The molecule has 0 fully saturated rings. The first-order chi connectivity index (χ1) is 4.27. The molecule has 0 atom stereocenters. The Morgan fingerprint density at radius 3 is 2.67 bits per heavy atom. The number of hydrogen-bond acceptors (Lipinski definition) is 2. The van der Waals surface area contributed by atoms with E-state index in [0.717, 1.165) is 0 Å². The minimum atomic E-state index is -0.404. The van der Waals surface area contributed by atoms with Gasteiger partial charge < -0.3 is 11.1 Å². The van der Waals surface area contributed by atoms with Crippen LogP contribution in [0.3, 0.4) is 0 Å². The van der Waals surface area contributed by atoms with E-state index in [1.807, 2.05) is 0 Å². The van der Waals surface area contributed by atoms with Gasteiger partial charge in [-0.05, 0) is 0 Å². The topological polar surface area (TPSA) is 55.1 Å². The first-order valence-corrected chi connectivity index (χ1v) is 2.82. The maximum Gasteiger partial charge on any atom is 0.218 e. The molecule has 0 aliphatic heterocycles. The second-order valence-corrected chi connectivity index (χ2v) is 1.66. The van der Waals surface area contributed by atoms with Crippen molar-refractivity contribution in [3.8, 4) is 0 Å². The molecule has 3 nitrogen and oxygen atoms in total. The minimum Gasteiger partial charge on any atom is -0.370 e. The van der Waals surface area contributed by atoms with Gasteiger partial charge in [0.15, 0.2) is 0 Å². The van der Waals surface area contributed by atoms with Crippen LogP contribution in [-0.4, -0.2) is 25.7 Å². The number of halogens is 1. The Morgan fingerprint density at radius 1 is 1.56 bits per heavy atom. The van der Waals surface area contributed by atoms with E-state index in [1.54, 1.807) is 0 Å². The summed E-state index contributed by atoms with van der Waals surface area (Å²) in [5, 5.41) is 2.69. The Bertz CT molecular complexity index is 87.0. The molecule has 0 spiro atoms. The highest BCUT2D eigenvalue weighted by Crippen LogP contribution is 1.71. The molecule has 0 heterocycles. The monoisotopic (exact) mass is 134 g/mol. The van der Waals surface area contributed by atoms with Crippen LogP contribution in [0.25, 0.3) is 0 Å². The van der Waals surface area contributed by atoms with Crippen molar-refractivity contribution in [3.05, 3.63) is 0 Å². The summed E-state index contributed by atoms with van der Waals surface area (Å²) >= 11 is 0. The molecule has 0 saturated heterocycles. The Hall–Kier alpha value is -0.640. The largest absolute Gasteiger partial charge is 0.370 e. The molecular weight excluding hydrogens is 123 g/mol. The van der Waals surface area contributed by atoms with E-state index in [0.29, 0.717) is 13.1 Å². The van der Waals surface area contributed by atoms with E-state index in [-0.39, 0.29) is 12.3 Å². The quantitative estimate of drug-likeness (QED) is 0.494. The Labute approximate surface area is 53.4 Å². The molecule has 54 valence electrons. The van der Waals surface area contributed by atoms with Gasteiger partial charge in [0.2, 0.25) is 5.91 Å². The van der Waals surface area contributed by atoms with Crippen LogP contribution in [0.15, 0.2) is 0 Å². The predicted octanol–water partition coefficient (Wildman–Crippen LogP) is -0.579. The third kappa shape index (κ3) is 7.36. The zero-order chi connectivity index (χ0) is 7.11. The zero-order valence-electron chi connectivity index (χ0n) is 5.19. The van der Waals surface area contributed by atoms with Crippen LogP contribution in [0.5, 0.6) is 0 Å². The Morgan fingerprint density at radius 2 is 2.22 bits per heavy atom. The molecule has 0 unspecified atom stereocenters. The third-order valence-corrected chi connectivity index (χ3v) is 0.819. The lowest BCUT2D eigenvalue weighted by Gasteiger charge is -1.96. The number of carbonyl (C=O) groups excluding carboxylic acids is 1. The van der Waals surface area contributed by atoms with Crippen molar-refractivity contribution in [1.29, 1.82) is 0 Å². The molecule has 0 aliphatic carbocycles. The maximum absolute atomic E-state index is 11.3. The summed E-state index contributed by atoms with van der Waals surface area (Å²) < 4.78 is 11.3. The lowest BCUT2D eigenvalue weighted by atomic mass is 10.4. The van der Waals surface area contributed by atoms with E-state index in [2.05, 4.69) is 5.32 Å². The fraction of sp³-hybridized carbons (Fsp3) is 0.800. The van der Waals surface area contributed by atoms with Gasteiger partial charge in [-0.3, -0.25) is 4.79 Å². The van der Waals surface area contributed by atoms with Gasteiger partial charge in [0.05, 0.1) is 0 Å². The van der Waals surface area contributed by atoms with E-state index < -0.39 is 6.67 Å². The summed E-state index contributed by atoms with van der Waals surface area (Å²) in [7, 11) is 0. The number of primary amides is 1. The molecule has 0 aromatic rings. The SMILES string of the molecule is NC(=O)CCNCCF. The summed E-state index contributed by atoms with van der Waals surface area (Å²) in [5.41, 5.74) is 4.80. The van der Waals surface area contributed by atoms with E-state index in [9.17, 15) is 9.18 Å². The number of nitrogens with two attached hydrogens (primary N) is 1. The van der Waals surface area contributed by atoms with Crippen molar-refractivity contribution in [1.82, 2.24) is 5.32 Å². The highest BCUT2D eigenvalue weighted by atomic mass is 19.1. The fourth-order valence-corrected chi connectivity index (χ4v) is 0.403. The molecule has 1 amide bonds. The van der Waals surface area contributed by atoms with E-state index >= 15 is 0 Å². The van der Waals surface area contributed by atoms with Crippen LogP contribution < -0.4 is 11.1 Å². The Balaban J connectivity index is 2.83. The molecule has 0 aromatic heterocycles. The van der Waals surface area contributed by atoms with Gasteiger partial charge >= 0.3 is 0 Å². The van der Waals surface area contributed by atoms with Crippen LogP contribution in [0.1, 0.15) is 6.42 Å². The first-order valence-electron chi connectivity index (χ1n) is 2.82. The Kier molecular flexibility index (Phi) is 5.11. The van der Waals surface area contributed by atoms with Gasteiger partial charge in [0.25, 0.3) is 0 Å². The average Bonchev–Trinajstić information content (AvgIpc) is 1.80. The van der Waals surface area contributed by atoms with E-state index in [4.69, 9.17) is 5.73 Å². The molecule has 3 N–H and O–H groups in total. The summed E-state index contributed by atoms with van der Waals surface area (Å²) in [5.74, 6) is -0.360. The molecule has 0 bridgehead atoms. The maximum atomic E-state index is 11.3. The fourth-order valence-electron chi connectivity index (χ4n) is 0.403. The summed E-state index contributed by atoms with van der Waals surface area (Å²) in [6.45, 7) is 0.366. The average molecular weight is 134 g/mol. The number of alkyl halides is 1. The van der Waals surface area contributed by atoms with Crippen LogP contribution in [0.4, 0.5) is 4.39 Å². The van der Waals surface area contributed by atoms with Crippen molar-refractivity contribution >= 4 is 5.91 Å². The molecule has 0 aromatic carbocycles. The van der Waals surface area contributed by atoms with Crippen LogP contribution in [-0.2, 0) is 4.79 Å². The number of hydrogen-bond donors (Lipinski definition) is 2. The van der Waals surface area contributed by atoms with Crippen LogP contribution in [0.2, 0.25) is 0 Å². The van der Waals surface area contributed by atoms with Crippen molar-refractivity contribution in [3.63, 3.8) is 0 Å². The van der Waals surface area contributed by atoms with Gasteiger partial charge in [0, 0.05) is 19.5 Å². The highest BCUT2D eigenvalue weighted by Gasteiger charge is 1.91. The van der Waals surface area contributed by atoms with Gasteiger partial charge in [-0.2, -0.15) is 0 Å². The number of rotatable bonds is 5. The third-order valence-electron chi connectivity index (χ3n) is 0.819. The number of carbonyl (C=O) groups is 1.